The third kappa shape index (κ3) is 4.81. The zero-order chi connectivity index (χ0) is 14.5. The van der Waals surface area contributed by atoms with Crippen LogP contribution in [0.4, 0.5) is 0 Å². The van der Waals surface area contributed by atoms with E-state index in [-0.39, 0.29) is 6.61 Å². The fraction of sp³-hybridized carbons (Fsp3) is 0.600. The van der Waals surface area contributed by atoms with Crippen LogP contribution in [-0.2, 0) is 0 Å². The van der Waals surface area contributed by atoms with Crippen molar-refractivity contribution in [3.05, 3.63) is 28.2 Å². The van der Waals surface area contributed by atoms with Gasteiger partial charge >= 0.3 is 0 Å². The van der Waals surface area contributed by atoms with Crippen LogP contribution in [0, 0.1) is 5.92 Å². The average Bonchev–Trinajstić information content (AvgIpc) is 2.37. The lowest BCUT2D eigenvalue weighted by atomic mass is 10.0. The van der Waals surface area contributed by atoms with Crippen molar-refractivity contribution < 1.29 is 9.84 Å². The van der Waals surface area contributed by atoms with Gasteiger partial charge in [-0.3, -0.25) is 0 Å². The molecule has 0 amide bonds. The molecule has 3 nitrogen and oxygen atoms in total. The summed E-state index contributed by atoms with van der Waals surface area (Å²) in [6, 6.07) is 5.08. The van der Waals surface area contributed by atoms with Gasteiger partial charge in [0.2, 0.25) is 0 Å². The number of ether oxygens (including phenoxy) is 1. The van der Waals surface area contributed by atoms with Crippen molar-refractivity contribution in [3.63, 3.8) is 0 Å². The highest BCUT2D eigenvalue weighted by molar-refractivity contribution is 6.35. The molecule has 2 rings (SSSR count). The summed E-state index contributed by atoms with van der Waals surface area (Å²) in [5, 5.41) is 11.1. The van der Waals surface area contributed by atoms with Gasteiger partial charge in [0.15, 0.2) is 0 Å². The first-order valence-corrected chi connectivity index (χ1v) is 7.78. The van der Waals surface area contributed by atoms with Gasteiger partial charge in [0.05, 0.1) is 5.02 Å². The minimum absolute atomic E-state index is 0.242. The molecule has 0 saturated carbocycles. The van der Waals surface area contributed by atoms with E-state index in [4.69, 9.17) is 27.9 Å². The molecule has 1 heterocycles. The minimum Gasteiger partial charge on any atom is -0.489 e. The Morgan fingerprint density at radius 2 is 2.25 bits per heavy atom. The molecule has 1 saturated heterocycles. The summed E-state index contributed by atoms with van der Waals surface area (Å²) in [6.45, 7) is 5.26. The van der Waals surface area contributed by atoms with Crippen LogP contribution >= 0.6 is 23.2 Å². The highest BCUT2D eigenvalue weighted by Crippen LogP contribution is 2.27. The summed E-state index contributed by atoms with van der Waals surface area (Å²) < 4.78 is 5.55. The number of rotatable bonds is 5. The van der Waals surface area contributed by atoms with E-state index in [1.807, 2.05) is 0 Å². The van der Waals surface area contributed by atoms with E-state index in [9.17, 15) is 5.11 Å². The molecule has 1 aromatic rings. The number of hydrogen-bond donors (Lipinski definition) is 1. The van der Waals surface area contributed by atoms with Crippen molar-refractivity contribution >= 4 is 23.2 Å². The smallest absolute Gasteiger partial charge is 0.138 e. The number of nitrogens with zero attached hydrogens (tertiary/aromatic N) is 1. The molecule has 0 bridgehead atoms. The average molecular weight is 318 g/mol. The van der Waals surface area contributed by atoms with E-state index in [0.29, 0.717) is 28.3 Å². The summed E-state index contributed by atoms with van der Waals surface area (Å²) in [5.74, 6) is 1.27. The fourth-order valence-electron chi connectivity index (χ4n) is 2.58. The molecule has 0 spiro atoms. The van der Waals surface area contributed by atoms with Gasteiger partial charge in [-0.05, 0) is 43.5 Å². The zero-order valence-electron chi connectivity index (χ0n) is 11.7. The van der Waals surface area contributed by atoms with Crippen molar-refractivity contribution in [2.45, 2.75) is 25.9 Å². The van der Waals surface area contributed by atoms with Crippen LogP contribution in [0.5, 0.6) is 5.75 Å². The Hall–Kier alpha value is -0.480. The van der Waals surface area contributed by atoms with Crippen molar-refractivity contribution in [2.75, 3.05) is 26.2 Å². The van der Waals surface area contributed by atoms with Crippen molar-refractivity contribution in [1.82, 2.24) is 4.90 Å². The Kier molecular flexibility index (Phi) is 5.97. The number of halogens is 2. The molecule has 1 aliphatic rings. The number of hydrogen-bond acceptors (Lipinski definition) is 3. The monoisotopic (exact) mass is 317 g/mol. The van der Waals surface area contributed by atoms with E-state index in [1.165, 1.54) is 12.8 Å². The van der Waals surface area contributed by atoms with Crippen LogP contribution in [-0.4, -0.2) is 42.4 Å². The van der Waals surface area contributed by atoms with Gasteiger partial charge in [-0.15, -0.1) is 0 Å². The molecule has 2 atom stereocenters. The lowest BCUT2D eigenvalue weighted by Gasteiger charge is -2.32. The van der Waals surface area contributed by atoms with Crippen LogP contribution < -0.4 is 4.74 Å². The number of likely N-dealkylation sites (tertiary alicyclic amines) is 1. The number of β-amino-alcohol motifs (C(OH)–C–C–N with tert-alkyl or cyclic N) is 1. The Morgan fingerprint density at radius 3 is 2.95 bits per heavy atom. The van der Waals surface area contributed by atoms with E-state index < -0.39 is 6.10 Å². The van der Waals surface area contributed by atoms with Crippen molar-refractivity contribution in [3.8, 4) is 5.75 Å². The molecule has 112 valence electrons. The molecule has 0 aliphatic carbocycles. The number of aliphatic hydroxyl groups is 1. The lowest BCUT2D eigenvalue weighted by Crippen LogP contribution is -2.41. The first-order valence-electron chi connectivity index (χ1n) is 7.03. The van der Waals surface area contributed by atoms with Crippen LogP contribution in [0.1, 0.15) is 19.8 Å². The largest absolute Gasteiger partial charge is 0.489 e. The van der Waals surface area contributed by atoms with E-state index in [1.54, 1.807) is 18.2 Å². The van der Waals surface area contributed by atoms with Gasteiger partial charge in [-0.2, -0.15) is 0 Å². The summed E-state index contributed by atoms with van der Waals surface area (Å²) >= 11 is 11.8. The quantitative estimate of drug-likeness (QED) is 0.902. The Bertz CT molecular complexity index is 442. The molecular weight excluding hydrogens is 297 g/mol. The highest BCUT2D eigenvalue weighted by atomic mass is 35.5. The topological polar surface area (TPSA) is 32.7 Å². The molecule has 1 aromatic carbocycles. The predicted molar refractivity (Wildman–Crippen MR) is 82.8 cm³/mol. The Morgan fingerprint density at radius 1 is 1.45 bits per heavy atom. The van der Waals surface area contributed by atoms with Crippen LogP contribution in [0.25, 0.3) is 0 Å². The van der Waals surface area contributed by atoms with E-state index >= 15 is 0 Å². The Balaban J connectivity index is 1.78. The molecular formula is C15H21Cl2NO2. The van der Waals surface area contributed by atoms with Crippen LogP contribution in [0.3, 0.4) is 0 Å². The second kappa shape index (κ2) is 7.51. The predicted octanol–water partition coefficient (Wildman–Crippen LogP) is 3.47. The molecule has 5 heteroatoms. The van der Waals surface area contributed by atoms with Gasteiger partial charge in [0.1, 0.15) is 18.5 Å². The second-order valence-electron chi connectivity index (χ2n) is 5.55. The third-order valence-electron chi connectivity index (χ3n) is 3.54. The van der Waals surface area contributed by atoms with Gasteiger partial charge in [0.25, 0.3) is 0 Å². The maximum absolute atomic E-state index is 10.1. The normalized spacial score (nSPS) is 21.7. The highest BCUT2D eigenvalue weighted by Gasteiger charge is 2.19. The van der Waals surface area contributed by atoms with Crippen molar-refractivity contribution in [1.29, 1.82) is 0 Å². The molecule has 1 fully saturated rings. The lowest BCUT2D eigenvalue weighted by molar-refractivity contribution is 0.0537. The zero-order valence-corrected chi connectivity index (χ0v) is 13.2. The van der Waals surface area contributed by atoms with Gasteiger partial charge in [0, 0.05) is 18.1 Å². The van der Waals surface area contributed by atoms with Crippen LogP contribution in [0.15, 0.2) is 18.2 Å². The molecule has 1 N–H and O–H groups in total. The van der Waals surface area contributed by atoms with Crippen LogP contribution in [0.2, 0.25) is 10.0 Å². The molecule has 0 unspecified atom stereocenters. The molecule has 0 radical (unpaired) electrons. The summed E-state index contributed by atoms with van der Waals surface area (Å²) in [4.78, 5) is 2.30. The third-order valence-corrected chi connectivity index (χ3v) is 4.07. The standard InChI is InChI=1S/C15H21Cl2NO2/c1-11-3-2-6-18(8-11)9-13(19)10-20-15-5-4-12(16)7-14(15)17/h4-5,7,11,13,19H,2-3,6,8-10H2,1H3/t11-,13-/m1/s1. The fourth-order valence-corrected chi connectivity index (χ4v) is 3.04. The van der Waals surface area contributed by atoms with E-state index in [2.05, 4.69) is 11.8 Å². The summed E-state index contributed by atoms with van der Waals surface area (Å²) in [7, 11) is 0. The maximum Gasteiger partial charge on any atom is 0.138 e. The van der Waals surface area contributed by atoms with Gasteiger partial charge in [-0.1, -0.05) is 30.1 Å². The number of piperidine rings is 1. The van der Waals surface area contributed by atoms with Crippen molar-refractivity contribution in [2.24, 2.45) is 5.92 Å². The summed E-state index contributed by atoms with van der Waals surface area (Å²) in [6.07, 6.45) is 1.98. The number of aliphatic hydroxyl groups excluding tert-OH is 1. The minimum atomic E-state index is -0.507. The maximum atomic E-state index is 10.1. The Labute approximate surface area is 130 Å². The first-order chi connectivity index (χ1) is 9.54. The molecule has 1 aliphatic heterocycles. The SMILES string of the molecule is C[C@@H]1CCCN(C[C@@H](O)COc2ccc(Cl)cc2Cl)C1. The van der Waals surface area contributed by atoms with Gasteiger partial charge < -0.3 is 14.7 Å². The van der Waals surface area contributed by atoms with E-state index in [0.717, 1.165) is 13.1 Å². The molecule has 20 heavy (non-hydrogen) atoms. The van der Waals surface area contributed by atoms with Gasteiger partial charge in [-0.25, -0.2) is 0 Å². The molecule has 0 aromatic heterocycles. The summed E-state index contributed by atoms with van der Waals surface area (Å²) in [5.41, 5.74) is 0. The second-order valence-corrected chi connectivity index (χ2v) is 6.39. The first kappa shape index (κ1) is 15.9. The number of benzene rings is 1.